The molecular formula is C25H28BrF2N5. The zero-order valence-corrected chi connectivity index (χ0v) is 20.4. The van der Waals surface area contributed by atoms with Crippen LogP contribution >= 0.6 is 15.9 Å². The van der Waals surface area contributed by atoms with Crippen molar-refractivity contribution in [3.8, 4) is 11.4 Å². The number of nitrogens with zero attached hydrogens (tertiary/aromatic N) is 4. The Morgan fingerprint density at radius 2 is 1.61 bits per heavy atom. The molecule has 0 bridgehead atoms. The molecular weight excluding hydrogens is 488 g/mol. The maximum atomic E-state index is 13.7. The Morgan fingerprint density at radius 3 is 2.30 bits per heavy atom. The van der Waals surface area contributed by atoms with Gasteiger partial charge in [0.25, 0.3) is 5.92 Å². The number of piperidine rings is 2. The van der Waals surface area contributed by atoms with E-state index in [1.165, 1.54) is 31.4 Å². The minimum Gasteiger partial charge on any atom is -0.371 e. The number of aryl methyl sites for hydroxylation is 1. The van der Waals surface area contributed by atoms with Crippen LogP contribution in [0.4, 0.5) is 20.3 Å². The van der Waals surface area contributed by atoms with Crippen molar-refractivity contribution in [3.05, 3.63) is 34.4 Å². The topological polar surface area (TPSA) is 48.1 Å². The first-order chi connectivity index (χ1) is 15.8. The molecule has 3 aromatic rings. The SMILES string of the molecule is Cc1cc2[nH]c(-c3ccc(Br)cc3N3CCC4(CC3)CC4)nc2c(N2CCC(F)(F)CC2)n1. The molecule has 8 heteroatoms. The van der Waals surface area contributed by atoms with E-state index in [1.54, 1.807) is 0 Å². The Bertz CT molecular complexity index is 1200. The van der Waals surface area contributed by atoms with Crippen LogP contribution in [0.3, 0.4) is 0 Å². The fraction of sp³-hybridized carbons (Fsp3) is 0.520. The molecule has 2 aromatic heterocycles. The zero-order chi connectivity index (χ0) is 22.8. The lowest BCUT2D eigenvalue weighted by Gasteiger charge is -2.35. The summed E-state index contributed by atoms with van der Waals surface area (Å²) in [5, 5.41) is 0. The number of alkyl halides is 2. The Kier molecular flexibility index (Phi) is 4.94. The zero-order valence-electron chi connectivity index (χ0n) is 18.8. The van der Waals surface area contributed by atoms with E-state index in [9.17, 15) is 8.78 Å². The second kappa shape index (κ2) is 7.65. The molecule has 1 saturated carbocycles. The van der Waals surface area contributed by atoms with E-state index in [4.69, 9.17) is 9.97 Å². The standard InChI is InChI=1S/C25H28BrF2N5/c1-16-14-19-21(23(29-16)33-12-8-25(27,28)9-13-33)31-22(30-19)18-3-2-17(26)15-20(18)32-10-6-24(4-5-24)7-11-32/h2-3,14-15H,4-13H2,1H3,(H,30,31). The molecule has 0 radical (unpaired) electrons. The Morgan fingerprint density at radius 1 is 0.909 bits per heavy atom. The molecule has 2 saturated heterocycles. The summed E-state index contributed by atoms with van der Waals surface area (Å²) in [5.74, 6) is -1.08. The van der Waals surface area contributed by atoms with Gasteiger partial charge in [-0.2, -0.15) is 0 Å². The summed E-state index contributed by atoms with van der Waals surface area (Å²) in [5.41, 5.74) is 5.37. The van der Waals surface area contributed by atoms with E-state index in [-0.39, 0.29) is 12.8 Å². The number of fused-ring (bicyclic) bond motifs is 1. The minimum atomic E-state index is -2.59. The molecule has 1 N–H and O–H groups in total. The van der Waals surface area contributed by atoms with E-state index in [0.29, 0.717) is 24.3 Å². The van der Waals surface area contributed by atoms with Crippen molar-refractivity contribution >= 4 is 38.5 Å². The quantitative estimate of drug-likeness (QED) is 0.443. The van der Waals surface area contributed by atoms with Crippen LogP contribution in [0.5, 0.6) is 0 Å². The molecule has 4 heterocycles. The van der Waals surface area contributed by atoms with Gasteiger partial charge in [-0.05, 0) is 62.3 Å². The van der Waals surface area contributed by atoms with E-state index >= 15 is 0 Å². The van der Waals surface area contributed by atoms with Crippen LogP contribution in [0, 0.1) is 12.3 Å². The van der Waals surface area contributed by atoms with Gasteiger partial charge in [0.05, 0.1) is 5.52 Å². The predicted octanol–water partition coefficient (Wildman–Crippen LogP) is 6.31. The number of H-pyrrole nitrogens is 1. The second-order valence-electron chi connectivity index (χ2n) is 10.1. The van der Waals surface area contributed by atoms with Crippen molar-refractivity contribution in [2.45, 2.75) is 51.4 Å². The molecule has 0 atom stereocenters. The third-order valence-electron chi connectivity index (χ3n) is 7.71. The van der Waals surface area contributed by atoms with E-state index in [1.807, 2.05) is 17.9 Å². The molecule has 2 aliphatic heterocycles. The van der Waals surface area contributed by atoms with Gasteiger partial charge in [-0.15, -0.1) is 0 Å². The van der Waals surface area contributed by atoms with Crippen molar-refractivity contribution in [2.24, 2.45) is 5.41 Å². The number of aromatic nitrogens is 3. The van der Waals surface area contributed by atoms with Crippen molar-refractivity contribution in [3.63, 3.8) is 0 Å². The Balaban J connectivity index is 1.38. The number of hydrogen-bond acceptors (Lipinski definition) is 4. The number of benzene rings is 1. The van der Waals surface area contributed by atoms with Gasteiger partial charge in [0, 0.05) is 60.4 Å². The average molecular weight is 516 g/mol. The molecule has 6 rings (SSSR count). The molecule has 1 spiro atoms. The number of halogens is 3. The molecule has 174 valence electrons. The van der Waals surface area contributed by atoms with Crippen LogP contribution in [0.2, 0.25) is 0 Å². The largest absolute Gasteiger partial charge is 0.371 e. The number of anilines is 2. The number of hydrogen-bond donors (Lipinski definition) is 1. The van der Waals surface area contributed by atoms with E-state index in [2.05, 4.69) is 44.0 Å². The minimum absolute atomic E-state index is 0.144. The summed E-state index contributed by atoms with van der Waals surface area (Å²) in [6, 6.07) is 8.34. The smallest absolute Gasteiger partial charge is 0.251 e. The summed E-state index contributed by atoms with van der Waals surface area (Å²) in [7, 11) is 0. The van der Waals surface area contributed by atoms with Crippen LogP contribution in [-0.2, 0) is 0 Å². The van der Waals surface area contributed by atoms with Crippen LogP contribution in [-0.4, -0.2) is 47.1 Å². The average Bonchev–Trinajstić information content (AvgIpc) is 3.40. The third kappa shape index (κ3) is 4.00. The van der Waals surface area contributed by atoms with Gasteiger partial charge >= 0.3 is 0 Å². The highest BCUT2D eigenvalue weighted by Crippen LogP contribution is 2.54. The molecule has 3 fully saturated rings. The highest BCUT2D eigenvalue weighted by Gasteiger charge is 2.44. The van der Waals surface area contributed by atoms with Crippen molar-refractivity contribution in [2.75, 3.05) is 36.0 Å². The van der Waals surface area contributed by atoms with Gasteiger partial charge in [0.2, 0.25) is 0 Å². The van der Waals surface area contributed by atoms with Gasteiger partial charge in [-0.25, -0.2) is 18.7 Å². The van der Waals surface area contributed by atoms with E-state index in [0.717, 1.165) is 45.7 Å². The fourth-order valence-electron chi connectivity index (χ4n) is 5.38. The maximum Gasteiger partial charge on any atom is 0.251 e. The summed E-state index contributed by atoms with van der Waals surface area (Å²) in [4.78, 5) is 17.6. The van der Waals surface area contributed by atoms with Crippen molar-refractivity contribution in [1.29, 1.82) is 0 Å². The van der Waals surface area contributed by atoms with Gasteiger partial charge in [-0.1, -0.05) is 15.9 Å². The van der Waals surface area contributed by atoms with Crippen molar-refractivity contribution in [1.82, 2.24) is 15.0 Å². The molecule has 5 nitrogen and oxygen atoms in total. The molecule has 0 unspecified atom stereocenters. The third-order valence-corrected chi connectivity index (χ3v) is 8.20. The van der Waals surface area contributed by atoms with Gasteiger partial charge < -0.3 is 14.8 Å². The number of pyridine rings is 1. The summed E-state index contributed by atoms with van der Waals surface area (Å²) in [6.07, 6.45) is 4.99. The molecule has 0 amide bonds. The van der Waals surface area contributed by atoms with E-state index < -0.39 is 5.92 Å². The first kappa shape index (κ1) is 21.3. The number of nitrogens with one attached hydrogen (secondary N) is 1. The van der Waals surface area contributed by atoms with Gasteiger partial charge in [-0.3, -0.25) is 0 Å². The number of rotatable bonds is 3. The molecule has 1 aliphatic carbocycles. The lowest BCUT2D eigenvalue weighted by molar-refractivity contribution is -0.0221. The van der Waals surface area contributed by atoms with Crippen LogP contribution in [0.25, 0.3) is 22.4 Å². The molecule has 33 heavy (non-hydrogen) atoms. The monoisotopic (exact) mass is 515 g/mol. The molecule has 3 aliphatic rings. The summed E-state index contributed by atoms with van der Waals surface area (Å²) < 4.78 is 28.5. The van der Waals surface area contributed by atoms with Crippen LogP contribution < -0.4 is 9.80 Å². The first-order valence-corrected chi connectivity index (χ1v) is 12.7. The lowest BCUT2D eigenvalue weighted by atomic mass is 9.93. The second-order valence-corrected chi connectivity index (χ2v) is 11.0. The first-order valence-electron chi connectivity index (χ1n) is 11.9. The normalized spacial score (nSPS) is 21.7. The van der Waals surface area contributed by atoms with Crippen LogP contribution in [0.1, 0.15) is 44.2 Å². The maximum absolute atomic E-state index is 13.7. The predicted molar refractivity (Wildman–Crippen MR) is 131 cm³/mol. The summed E-state index contributed by atoms with van der Waals surface area (Å²) >= 11 is 3.65. The number of imidazole rings is 1. The lowest BCUT2D eigenvalue weighted by Crippen LogP contribution is -2.39. The van der Waals surface area contributed by atoms with Crippen molar-refractivity contribution < 1.29 is 8.78 Å². The highest BCUT2D eigenvalue weighted by atomic mass is 79.9. The summed E-state index contributed by atoms with van der Waals surface area (Å²) in [6.45, 7) is 4.66. The molecule has 1 aromatic carbocycles. The Labute approximate surface area is 200 Å². The van der Waals surface area contributed by atoms with Gasteiger partial charge in [0.1, 0.15) is 11.3 Å². The highest BCUT2D eigenvalue weighted by molar-refractivity contribution is 9.10. The Hall–Kier alpha value is -2.22. The van der Waals surface area contributed by atoms with Gasteiger partial charge in [0.15, 0.2) is 5.82 Å². The number of aromatic amines is 1. The fourth-order valence-corrected chi connectivity index (χ4v) is 5.73. The van der Waals surface area contributed by atoms with Crippen LogP contribution in [0.15, 0.2) is 28.7 Å².